The molecule has 1 aliphatic carbocycles. The summed E-state index contributed by atoms with van der Waals surface area (Å²) in [4.78, 5) is 4.48. The standard InChI is InChI=1S/C14H20N2O2/c1-14(2)17-9-11(18-14)8-16-12-6-5-10-4-3-7-15-13(10)12/h3-4,7,11-12,16H,5-6,8-9H2,1-2H3. The van der Waals surface area contributed by atoms with E-state index in [1.165, 1.54) is 11.3 Å². The van der Waals surface area contributed by atoms with Gasteiger partial charge in [0.15, 0.2) is 5.79 Å². The summed E-state index contributed by atoms with van der Waals surface area (Å²) in [6.07, 6.45) is 4.27. The lowest BCUT2D eigenvalue weighted by Crippen LogP contribution is -2.32. The number of nitrogens with one attached hydrogen (secondary N) is 1. The Balaban J connectivity index is 1.56. The number of rotatable bonds is 3. The third-order valence-corrected chi connectivity index (χ3v) is 3.62. The van der Waals surface area contributed by atoms with Gasteiger partial charge in [-0.05, 0) is 38.3 Å². The molecule has 1 aliphatic heterocycles. The zero-order chi connectivity index (χ0) is 12.6. The topological polar surface area (TPSA) is 43.4 Å². The van der Waals surface area contributed by atoms with Gasteiger partial charge >= 0.3 is 0 Å². The smallest absolute Gasteiger partial charge is 0.163 e. The van der Waals surface area contributed by atoms with Gasteiger partial charge in [-0.25, -0.2) is 0 Å². The number of hydrogen-bond acceptors (Lipinski definition) is 4. The minimum atomic E-state index is -0.432. The van der Waals surface area contributed by atoms with E-state index in [1.807, 2.05) is 26.1 Å². The Bertz CT molecular complexity index is 434. The summed E-state index contributed by atoms with van der Waals surface area (Å²) in [5.74, 6) is -0.432. The minimum absolute atomic E-state index is 0.146. The Labute approximate surface area is 108 Å². The average Bonchev–Trinajstić information content (AvgIpc) is 2.90. The van der Waals surface area contributed by atoms with Crippen molar-refractivity contribution in [1.29, 1.82) is 0 Å². The summed E-state index contributed by atoms with van der Waals surface area (Å²) in [5.41, 5.74) is 2.58. The van der Waals surface area contributed by atoms with Gasteiger partial charge in [-0.1, -0.05) is 6.07 Å². The zero-order valence-electron chi connectivity index (χ0n) is 11.0. The lowest BCUT2D eigenvalue weighted by atomic mass is 10.2. The van der Waals surface area contributed by atoms with Gasteiger partial charge in [-0.15, -0.1) is 0 Å². The van der Waals surface area contributed by atoms with Crippen LogP contribution in [0.3, 0.4) is 0 Å². The predicted molar refractivity (Wildman–Crippen MR) is 68.2 cm³/mol. The molecule has 0 bridgehead atoms. The first-order chi connectivity index (χ1) is 8.64. The molecule has 1 aromatic rings. The molecule has 4 nitrogen and oxygen atoms in total. The van der Waals surface area contributed by atoms with Gasteiger partial charge in [0.1, 0.15) is 0 Å². The van der Waals surface area contributed by atoms with Crippen LogP contribution in [0.1, 0.15) is 37.6 Å². The Morgan fingerprint density at radius 2 is 2.39 bits per heavy atom. The summed E-state index contributed by atoms with van der Waals surface area (Å²) in [7, 11) is 0. The van der Waals surface area contributed by atoms with Crippen molar-refractivity contribution in [3.63, 3.8) is 0 Å². The van der Waals surface area contributed by atoms with E-state index in [9.17, 15) is 0 Å². The van der Waals surface area contributed by atoms with Crippen molar-refractivity contribution < 1.29 is 9.47 Å². The van der Waals surface area contributed by atoms with Crippen LogP contribution in [0, 0.1) is 0 Å². The SMILES string of the molecule is CC1(C)OCC(CNC2CCc3cccnc32)O1. The first-order valence-electron chi connectivity index (χ1n) is 6.63. The first-order valence-corrected chi connectivity index (χ1v) is 6.63. The number of pyridine rings is 1. The Morgan fingerprint density at radius 1 is 1.50 bits per heavy atom. The van der Waals surface area contributed by atoms with Gasteiger partial charge in [0.25, 0.3) is 0 Å². The molecule has 1 saturated heterocycles. The van der Waals surface area contributed by atoms with Gasteiger partial charge in [0, 0.05) is 12.7 Å². The first kappa shape index (κ1) is 12.1. The molecule has 2 atom stereocenters. The zero-order valence-corrected chi connectivity index (χ0v) is 11.0. The summed E-state index contributed by atoms with van der Waals surface area (Å²) >= 11 is 0. The fourth-order valence-corrected chi connectivity index (χ4v) is 2.75. The van der Waals surface area contributed by atoms with Gasteiger partial charge in [0.2, 0.25) is 0 Å². The number of aromatic nitrogens is 1. The van der Waals surface area contributed by atoms with E-state index >= 15 is 0 Å². The molecule has 2 heterocycles. The molecule has 0 spiro atoms. The lowest BCUT2D eigenvalue weighted by Gasteiger charge is -2.19. The third kappa shape index (κ3) is 2.41. The number of nitrogens with zero attached hydrogens (tertiary/aromatic N) is 1. The number of aryl methyl sites for hydroxylation is 1. The Hall–Kier alpha value is -0.970. The van der Waals surface area contributed by atoms with Crippen LogP contribution in [0.5, 0.6) is 0 Å². The normalized spacial score (nSPS) is 29.4. The van der Waals surface area contributed by atoms with Gasteiger partial charge in [0.05, 0.1) is 24.4 Å². The van der Waals surface area contributed by atoms with Crippen molar-refractivity contribution in [1.82, 2.24) is 10.3 Å². The molecule has 0 amide bonds. The molecule has 1 aromatic heterocycles. The largest absolute Gasteiger partial charge is 0.348 e. The molecule has 18 heavy (non-hydrogen) atoms. The van der Waals surface area contributed by atoms with Crippen molar-refractivity contribution in [3.05, 3.63) is 29.6 Å². The van der Waals surface area contributed by atoms with E-state index in [0.29, 0.717) is 12.6 Å². The quantitative estimate of drug-likeness (QED) is 0.886. The maximum Gasteiger partial charge on any atom is 0.163 e. The van der Waals surface area contributed by atoms with Crippen LogP contribution in [0.25, 0.3) is 0 Å². The summed E-state index contributed by atoms with van der Waals surface area (Å²) < 4.78 is 11.4. The van der Waals surface area contributed by atoms with Crippen LogP contribution in [-0.2, 0) is 15.9 Å². The summed E-state index contributed by atoms with van der Waals surface area (Å²) in [6.45, 7) is 5.41. The Kier molecular flexibility index (Phi) is 3.09. The minimum Gasteiger partial charge on any atom is -0.348 e. The molecule has 4 heteroatoms. The lowest BCUT2D eigenvalue weighted by molar-refractivity contribution is -0.137. The highest BCUT2D eigenvalue weighted by molar-refractivity contribution is 5.27. The molecule has 0 radical (unpaired) electrons. The molecule has 98 valence electrons. The number of ether oxygens (including phenoxy) is 2. The van der Waals surface area contributed by atoms with Crippen molar-refractivity contribution in [2.75, 3.05) is 13.2 Å². The van der Waals surface area contributed by atoms with E-state index in [0.717, 1.165) is 19.4 Å². The predicted octanol–water partition coefficient (Wildman–Crippen LogP) is 1.81. The van der Waals surface area contributed by atoms with Crippen LogP contribution in [0.15, 0.2) is 18.3 Å². The van der Waals surface area contributed by atoms with E-state index in [1.54, 1.807) is 0 Å². The highest BCUT2D eigenvalue weighted by Crippen LogP contribution is 2.29. The molecule has 0 aromatic carbocycles. The fourth-order valence-electron chi connectivity index (χ4n) is 2.75. The molecule has 0 saturated carbocycles. The summed E-state index contributed by atoms with van der Waals surface area (Å²) in [6, 6.07) is 4.55. The maximum absolute atomic E-state index is 5.79. The van der Waals surface area contributed by atoms with Crippen LogP contribution in [-0.4, -0.2) is 30.0 Å². The number of fused-ring (bicyclic) bond motifs is 1. The second kappa shape index (κ2) is 4.61. The van der Waals surface area contributed by atoms with Crippen molar-refractivity contribution in [2.45, 2.75) is 44.6 Å². The van der Waals surface area contributed by atoms with E-state index in [-0.39, 0.29) is 6.10 Å². The second-order valence-electron chi connectivity index (χ2n) is 5.50. The van der Waals surface area contributed by atoms with E-state index < -0.39 is 5.79 Å². The highest BCUT2D eigenvalue weighted by atomic mass is 16.7. The van der Waals surface area contributed by atoms with Crippen molar-refractivity contribution in [2.24, 2.45) is 0 Å². The van der Waals surface area contributed by atoms with Crippen molar-refractivity contribution in [3.8, 4) is 0 Å². The highest BCUT2D eigenvalue weighted by Gasteiger charge is 2.33. The van der Waals surface area contributed by atoms with E-state index in [4.69, 9.17) is 9.47 Å². The molecule has 3 rings (SSSR count). The van der Waals surface area contributed by atoms with Gasteiger partial charge in [-0.3, -0.25) is 4.98 Å². The fraction of sp³-hybridized carbons (Fsp3) is 0.643. The molecule has 1 fully saturated rings. The molecular formula is C14H20N2O2. The molecular weight excluding hydrogens is 228 g/mol. The summed E-state index contributed by atoms with van der Waals surface area (Å²) in [5, 5.41) is 3.55. The maximum atomic E-state index is 5.79. The van der Waals surface area contributed by atoms with Crippen molar-refractivity contribution >= 4 is 0 Å². The van der Waals surface area contributed by atoms with Crippen LogP contribution in [0.2, 0.25) is 0 Å². The average molecular weight is 248 g/mol. The van der Waals surface area contributed by atoms with Gasteiger partial charge < -0.3 is 14.8 Å². The van der Waals surface area contributed by atoms with Crippen LogP contribution < -0.4 is 5.32 Å². The van der Waals surface area contributed by atoms with E-state index in [2.05, 4.69) is 16.4 Å². The molecule has 2 unspecified atom stereocenters. The Morgan fingerprint density at radius 3 is 3.17 bits per heavy atom. The van der Waals surface area contributed by atoms with Crippen LogP contribution >= 0.6 is 0 Å². The third-order valence-electron chi connectivity index (χ3n) is 3.62. The van der Waals surface area contributed by atoms with Crippen LogP contribution in [0.4, 0.5) is 0 Å². The molecule has 2 aliphatic rings. The number of hydrogen-bond donors (Lipinski definition) is 1. The molecule has 1 N–H and O–H groups in total. The second-order valence-corrected chi connectivity index (χ2v) is 5.50. The monoisotopic (exact) mass is 248 g/mol. The van der Waals surface area contributed by atoms with Gasteiger partial charge in [-0.2, -0.15) is 0 Å².